The Labute approximate surface area is 76.5 Å². The molecule has 0 unspecified atom stereocenters. The van der Waals surface area contributed by atoms with Gasteiger partial charge in [-0.3, -0.25) is 4.79 Å². The molecule has 0 heterocycles. The third-order valence-electron chi connectivity index (χ3n) is 1.77. The fourth-order valence-corrected chi connectivity index (χ4v) is 1.08. The minimum Gasteiger partial charge on any atom is -0.495 e. The lowest BCUT2D eigenvalue weighted by Gasteiger charge is -2.07. The minimum absolute atomic E-state index is 0.0443. The minimum atomic E-state index is -0.184. The summed E-state index contributed by atoms with van der Waals surface area (Å²) in [6.45, 7) is -0.0443. The number of hydrogen-bond donors (Lipinski definition) is 2. The van der Waals surface area contributed by atoms with Crippen LogP contribution in [0.4, 0.5) is 5.69 Å². The third-order valence-corrected chi connectivity index (χ3v) is 1.77. The van der Waals surface area contributed by atoms with E-state index < -0.39 is 0 Å². The molecule has 4 N–H and O–H groups in total. The molecule has 70 valence electrons. The zero-order chi connectivity index (χ0) is 9.84. The number of nitrogens with two attached hydrogens (primary N) is 2. The van der Waals surface area contributed by atoms with Gasteiger partial charge < -0.3 is 16.2 Å². The van der Waals surface area contributed by atoms with E-state index in [0.29, 0.717) is 17.0 Å². The van der Waals surface area contributed by atoms with Crippen molar-refractivity contribution in [3.05, 3.63) is 23.8 Å². The molecule has 0 aliphatic rings. The molecule has 0 amide bonds. The SMILES string of the molecule is COc1cccc(C(=O)CN)c1N. The summed E-state index contributed by atoms with van der Waals surface area (Å²) in [4.78, 5) is 11.2. The number of ketones is 1. The molecule has 0 fully saturated rings. The van der Waals surface area contributed by atoms with Gasteiger partial charge >= 0.3 is 0 Å². The summed E-state index contributed by atoms with van der Waals surface area (Å²) in [5, 5.41) is 0. The predicted molar refractivity (Wildman–Crippen MR) is 50.8 cm³/mol. The average Bonchev–Trinajstić information content (AvgIpc) is 2.17. The van der Waals surface area contributed by atoms with Crippen LogP contribution in [0.15, 0.2) is 18.2 Å². The molecule has 0 saturated carbocycles. The van der Waals surface area contributed by atoms with Gasteiger partial charge in [0, 0.05) is 5.56 Å². The maximum absolute atomic E-state index is 11.2. The highest BCUT2D eigenvalue weighted by Crippen LogP contribution is 2.24. The van der Waals surface area contributed by atoms with Crippen molar-refractivity contribution in [2.75, 3.05) is 19.4 Å². The van der Waals surface area contributed by atoms with Gasteiger partial charge in [0.1, 0.15) is 5.75 Å². The number of methoxy groups -OCH3 is 1. The van der Waals surface area contributed by atoms with E-state index in [-0.39, 0.29) is 12.3 Å². The lowest BCUT2D eigenvalue weighted by atomic mass is 10.1. The van der Waals surface area contributed by atoms with Gasteiger partial charge in [-0.05, 0) is 12.1 Å². The van der Waals surface area contributed by atoms with E-state index in [1.165, 1.54) is 7.11 Å². The highest BCUT2D eigenvalue weighted by atomic mass is 16.5. The second-order valence-corrected chi connectivity index (χ2v) is 2.55. The van der Waals surface area contributed by atoms with Crippen molar-refractivity contribution in [2.45, 2.75) is 0 Å². The zero-order valence-electron chi connectivity index (χ0n) is 7.41. The molecule has 0 aliphatic heterocycles. The first-order valence-electron chi connectivity index (χ1n) is 3.86. The number of hydrogen-bond acceptors (Lipinski definition) is 4. The number of carbonyl (C=O) groups excluding carboxylic acids is 1. The van der Waals surface area contributed by atoms with Crippen LogP contribution in [0.5, 0.6) is 5.75 Å². The fourth-order valence-electron chi connectivity index (χ4n) is 1.08. The number of rotatable bonds is 3. The van der Waals surface area contributed by atoms with E-state index in [2.05, 4.69) is 0 Å². The molecule has 1 rings (SSSR count). The van der Waals surface area contributed by atoms with E-state index in [1.807, 2.05) is 0 Å². The molecule has 4 nitrogen and oxygen atoms in total. The van der Waals surface area contributed by atoms with Gasteiger partial charge in [0.15, 0.2) is 5.78 Å². The summed E-state index contributed by atoms with van der Waals surface area (Å²) in [6, 6.07) is 5.04. The van der Waals surface area contributed by atoms with E-state index in [4.69, 9.17) is 16.2 Å². The molecule has 0 saturated heterocycles. The van der Waals surface area contributed by atoms with E-state index in [1.54, 1.807) is 18.2 Å². The molecule has 13 heavy (non-hydrogen) atoms. The maximum atomic E-state index is 11.2. The summed E-state index contributed by atoms with van der Waals surface area (Å²) in [5.74, 6) is 0.315. The van der Waals surface area contributed by atoms with Crippen LogP contribution in [-0.2, 0) is 0 Å². The van der Waals surface area contributed by atoms with Crippen LogP contribution >= 0.6 is 0 Å². The second-order valence-electron chi connectivity index (χ2n) is 2.55. The van der Waals surface area contributed by atoms with Crippen molar-refractivity contribution >= 4 is 11.5 Å². The molecular formula is C9H12N2O2. The third kappa shape index (κ3) is 1.78. The Morgan fingerprint density at radius 1 is 1.54 bits per heavy atom. The van der Waals surface area contributed by atoms with Crippen molar-refractivity contribution in [1.82, 2.24) is 0 Å². The van der Waals surface area contributed by atoms with Crippen molar-refractivity contribution in [1.29, 1.82) is 0 Å². The molecule has 0 radical (unpaired) electrons. The molecule has 4 heteroatoms. The van der Waals surface area contributed by atoms with Gasteiger partial charge in [0.05, 0.1) is 19.3 Å². The molecule has 0 spiro atoms. The normalized spacial score (nSPS) is 9.69. The summed E-state index contributed by atoms with van der Waals surface area (Å²) >= 11 is 0. The number of ether oxygens (including phenoxy) is 1. The zero-order valence-corrected chi connectivity index (χ0v) is 7.41. The van der Waals surface area contributed by atoms with Crippen LogP contribution in [0.2, 0.25) is 0 Å². The van der Waals surface area contributed by atoms with Crippen LogP contribution < -0.4 is 16.2 Å². The Balaban J connectivity index is 3.15. The van der Waals surface area contributed by atoms with Gasteiger partial charge in [0.2, 0.25) is 0 Å². The Kier molecular flexibility index (Phi) is 2.87. The Morgan fingerprint density at radius 2 is 2.23 bits per heavy atom. The molecule has 1 aromatic rings. The van der Waals surface area contributed by atoms with Crippen LogP contribution in [0.25, 0.3) is 0 Å². The lowest BCUT2D eigenvalue weighted by Crippen LogP contribution is -2.15. The summed E-state index contributed by atoms with van der Waals surface area (Å²) < 4.78 is 4.96. The average molecular weight is 180 g/mol. The largest absolute Gasteiger partial charge is 0.495 e. The predicted octanol–water partition coefficient (Wildman–Crippen LogP) is 0.419. The summed E-state index contributed by atoms with van der Waals surface area (Å²) in [6.07, 6.45) is 0. The van der Waals surface area contributed by atoms with Crippen LogP contribution in [0.3, 0.4) is 0 Å². The Bertz CT molecular complexity index is 323. The quantitative estimate of drug-likeness (QED) is 0.522. The first-order valence-corrected chi connectivity index (χ1v) is 3.86. The standard InChI is InChI=1S/C9H12N2O2/c1-13-8-4-2-3-6(9(8)11)7(12)5-10/h2-4H,5,10-11H2,1H3. The number of para-hydroxylation sites is 1. The highest BCUT2D eigenvalue weighted by Gasteiger charge is 2.10. The molecule has 0 atom stereocenters. The molecule has 1 aromatic carbocycles. The monoisotopic (exact) mass is 180 g/mol. The molecular weight excluding hydrogens is 168 g/mol. The number of benzene rings is 1. The van der Waals surface area contributed by atoms with E-state index in [9.17, 15) is 4.79 Å². The highest BCUT2D eigenvalue weighted by molar-refractivity contribution is 6.03. The smallest absolute Gasteiger partial charge is 0.178 e. The first kappa shape index (κ1) is 9.54. The van der Waals surface area contributed by atoms with Crippen molar-refractivity contribution in [3.63, 3.8) is 0 Å². The van der Waals surface area contributed by atoms with E-state index in [0.717, 1.165) is 0 Å². The first-order chi connectivity index (χ1) is 6.20. The van der Waals surface area contributed by atoms with Gasteiger partial charge in [-0.2, -0.15) is 0 Å². The van der Waals surface area contributed by atoms with Gasteiger partial charge in [-0.25, -0.2) is 0 Å². The number of Topliss-reactive ketones (excluding diaryl/α,β-unsaturated/α-hetero) is 1. The number of nitrogen functional groups attached to an aromatic ring is 1. The van der Waals surface area contributed by atoms with Crippen molar-refractivity contribution in [2.24, 2.45) is 5.73 Å². The Morgan fingerprint density at radius 3 is 2.77 bits per heavy atom. The van der Waals surface area contributed by atoms with Crippen LogP contribution in [0, 0.1) is 0 Å². The van der Waals surface area contributed by atoms with Gasteiger partial charge in [0.25, 0.3) is 0 Å². The molecule has 0 aromatic heterocycles. The molecule has 0 bridgehead atoms. The lowest BCUT2D eigenvalue weighted by molar-refractivity contribution is 0.100. The second kappa shape index (κ2) is 3.91. The maximum Gasteiger partial charge on any atom is 0.178 e. The summed E-state index contributed by atoms with van der Waals surface area (Å²) in [7, 11) is 1.50. The van der Waals surface area contributed by atoms with Crippen LogP contribution in [0.1, 0.15) is 10.4 Å². The molecule has 0 aliphatic carbocycles. The van der Waals surface area contributed by atoms with Gasteiger partial charge in [-0.1, -0.05) is 6.07 Å². The summed E-state index contributed by atoms with van der Waals surface area (Å²) in [5.41, 5.74) is 11.7. The van der Waals surface area contributed by atoms with E-state index >= 15 is 0 Å². The fraction of sp³-hybridized carbons (Fsp3) is 0.222. The topological polar surface area (TPSA) is 78.3 Å². The van der Waals surface area contributed by atoms with Crippen molar-refractivity contribution in [3.8, 4) is 5.75 Å². The number of anilines is 1. The number of carbonyl (C=O) groups is 1. The van der Waals surface area contributed by atoms with Gasteiger partial charge in [-0.15, -0.1) is 0 Å². The van der Waals surface area contributed by atoms with Crippen LogP contribution in [-0.4, -0.2) is 19.4 Å². The Hall–Kier alpha value is -1.55. The van der Waals surface area contributed by atoms with Crippen molar-refractivity contribution < 1.29 is 9.53 Å².